The SMILES string of the molecule is OC1(CNCc2ccc3nc(Cn4cc(-c5cncc(N6CCCC6)c5)nn4)cn3c2)CCC1. The van der Waals surface area contributed by atoms with Gasteiger partial charge in [-0.3, -0.25) is 4.98 Å². The lowest BCUT2D eigenvalue weighted by Gasteiger charge is -2.36. The van der Waals surface area contributed by atoms with Crippen LogP contribution in [0.4, 0.5) is 5.69 Å². The molecule has 1 saturated heterocycles. The Labute approximate surface area is 198 Å². The number of pyridine rings is 2. The van der Waals surface area contributed by atoms with E-state index in [1.165, 1.54) is 12.8 Å². The van der Waals surface area contributed by atoms with E-state index in [0.29, 0.717) is 13.1 Å². The number of anilines is 1. The van der Waals surface area contributed by atoms with Gasteiger partial charge in [0.2, 0.25) is 0 Å². The van der Waals surface area contributed by atoms with Crippen molar-refractivity contribution in [2.24, 2.45) is 0 Å². The average Bonchev–Trinajstić information content (AvgIpc) is 3.59. The first-order chi connectivity index (χ1) is 16.6. The van der Waals surface area contributed by atoms with Gasteiger partial charge in [-0.15, -0.1) is 5.10 Å². The Bertz CT molecular complexity index is 1290. The van der Waals surface area contributed by atoms with Gasteiger partial charge in [-0.2, -0.15) is 0 Å². The Morgan fingerprint density at radius 1 is 1.03 bits per heavy atom. The minimum atomic E-state index is -0.505. The number of hydrogen-bond acceptors (Lipinski definition) is 7. The Morgan fingerprint density at radius 2 is 1.91 bits per heavy atom. The molecule has 0 spiro atoms. The first-order valence-electron chi connectivity index (χ1n) is 12.1. The summed E-state index contributed by atoms with van der Waals surface area (Å²) in [4.78, 5) is 11.5. The maximum atomic E-state index is 10.2. The predicted octanol–water partition coefficient (Wildman–Crippen LogP) is 2.64. The zero-order chi connectivity index (χ0) is 23.0. The largest absolute Gasteiger partial charge is 0.389 e. The smallest absolute Gasteiger partial charge is 0.137 e. The summed E-state index contributed by atoms with van der Waals surface area (Å²) >= 11 is 0. The fourth-order valence-electron chi connectivity index (χ4n) is 4.86. The summed E-state index contributed by atoms with van der Waals surface area (Å²) in [6.07, 6.45) is 15.2. The van der Waals surface area contributed by atoms with Gasteiger partial charge in [-0.05, 0) is 49.8 Å². The van der Waals surface area contributed by atoms with E-state index in [2.05, 4.69) is 43.8 Å². The van der Waals surface area contributed by atoms with Crippen molar-refractivity contribution in [3.8, 4) is 11.3 Å². The van der Waals surface area contributed by atoms with Crippen molar-refractivity contribution in [2.45, 2.75) is 50.8 Å². The quantitative estimate of drug-likeness (QED) is 0.419. The number of nitrogens with zero attached hydrogens (tertiary/aromatic N) is 7. The lowest BCUT2D eigenvalue weighted by Crippen LogP contribution is -2.45. The molecule has 4 aromatic heterocycles. The van der Waals surface area contributed by atoms with Crippen molar-refractivity contribution in [1.82, 2.24) is 34.7 Å². The van der Waals surface area contributed by atoms with Crippen molar-refractivity contribution < 1.29 is 5.11 Å². The Morgan fingerprint density at radius 3 is 2.74 bits per heavy atom. The number of aromatic nitrogens is 6. The molecule has 4 aromatic rings. The molecule has 0 bridgehead atoms. The zero-order valence-corrected chi connectivity index (χ0v) is 19.3. The molecule has 0 atom stereocenters. The molecule has 176 valence electrons. The summed E-state index contributed by atoms with van der Waals surface area (Å²) in [5, 5.41) is 22.3. The van der Waals surface area contributed by atoms with E-state index in [4.69, 9.17) is 4.98 Å². The molecule has 2 N–H and O–H groups in total. The highest BCUT2D eigenvalue weighted by atomic mass is 16.3. The lowest BCUT2D eigenvalue weighted by atomic mass is 9.80. The first kappa shape index (κ1) is 21.2. The minimum absolute atomic E-state index is 0.505. The van der Waals surface area contributed by atoms with Crippen LogP contribution in [-0.4, -0.2) is 59.7 Å². The van der Waals surface area contributed by atoms with E-state index in [9.17, 15) is 5.11 Å². The molecule has 1 aliphatic heterocycles. The molecule has 0 radical (unpaired) electrons. The molecule has 0 aromatic carbocycles. The highest BCUT2D eigenvalue weighted by molar-refractivity contribution is 5.63. The third-order valence-electron chi connectivity index (χ3n) is 6.98. The molecule has 2 aliphatic rings. The molecular formula is C25H30N8O. The molecular weight excluding hydrogens is 428 g/mol. The van der Waals surface area contributed by atoms with Crippen molar-refractivity contribution in [1.29, 1.82) is 0 Å². The second-order valence-corrected chi connectivity index (χ2v) is 9.64. The minimum Gasteiger partial charge on any atom is -0.389 e. The topological polar surface area (TPSA) is 96.4 Å². The third kappa shape index (κ3) is 4.41. The molecule has 34 heavy (non-hydrogen) atoms. The lowest BCUT2D eigenvalue weighted by molar-refractivity contribution is -0.0314. The highest BCUT2D eigenvalue weighted by Crippen LogP contribution is 2.30. The third-order valence-corrected chi connectivity index (χ3v) is 6.98. The van der Waals surface area contributed by atoms with Gasteiger partial charge in [-0.1, -0.05) is 11.3 Å². The molecule has 5 heterocycles. The number of imidazole rings is 1. The summed E-state index contributed by atoms with van der Waals surface area (Å²) in [7, 11) is 0. The maximum absolute atomic E-state index is 10.2. The van der Waals surface area contributed by atoms with Crippen molar-refractivity contribution in [3.63, 3.8) is 0 Å². The summed E-state index contributed by atoms with van der Waals surface area (Å²) in [5.74, 6) is 0. The number of aliphatic hydroxyl groups is 1. The van der Waals surface area contributed by atoms with Crippen LogP contribution in [0.5, 0.6) is 0 Å². The van der Waals surface area contributed by atoms with Crippen LogP contribution in [0.3, 0.4) is 0 Å². The molecule has 9 nitrogen and oxygen atoms in total. The van der Waals surface area contributed by atoms with Crippen LogP contribution < -0.4 is 10.2 Å². The number of nitrogens with one attached hydrogen (secondary N) is 1. The monoisotopic (exact) mass is 458 g/mol. The molecule has 9 heteroatoms. The van der Waals surface area contributed by atoms with Crippen LogP contribution in [0.2, 0.25) is 0 Å². The summed E-state index contributed by atoms with van der Waals surface area (Å²) in [6, 6.07) is 6.26. The van der Waals surface area contributed by atoms with Crippen LogP contribution in [0.1, 0.15) is 43.4 Å². The molecule has 0 unspecified atom stereocenters. The van der Waals surface area contributed by atoms with E-state index in [0.717, 1.165) is 72.7 Å². The van der Waals surface area contributed by atoms with Crippen LogP contribution in [0.25, 0.3) is 16.9 Å². The van der Waals surface area contributed by atoms with E-state index >= 15 is 0 Å². The second kappa shape index (κ2) is 8.81. The molecule has 0 amide bonds. The van der Waals surface area contributed by atoms with Gasteiger partial charge in [0.15, 0.2) is 0 Å². The Balaban J connectivity index is 1.12. The maximum Gasteiger partial charge on any atom is 0.137 e. The first-order valence-corrected chi connectivity index (χ1v) is 12.1. The predicted molar refractivity (Wildman–Crippen MR) is 130 cm³/mol. The summed E-state index contributed by atoms with van der Waals surface area (Å²) in [5.41, 5.74) is 5.43. The second-order valence-electron chi connectivity index (χ2n) is 9.64. The summed E-state index contributed by atoms with van der Waals surface area (Å²) in [6.45, 7) is 4.10. The van der Waals surface area contributed by atoms with Crippen LogP contribution >= 0.6 is 0 Å². The van der Waals surface area contributed by atoms with E-state index in [1.807, 2.05) is 39.9 Å². The normalized spacial score (nSPS) is 17.4. The van der Waals surface area contributed by atoms with Gasteiger partial charge < -0.3 is 19.7 Å². The van der Waals surface area contributed by atoms with Crippen molar-refractivity contribution in [2.75, 3.05) is 24.5 Å². The van der Waals surface area contributed by atoms with Gasteiger partial charge in [0.05, 0.1) is 35.9 Å². The van der Waals surface area contributed by atoms with Crippen LogP contribution in [-0.2, 0) is 13.1 Å². The fraction of sp³-hybridized carbons (Fsp3) is 0.440. The Kier molecular flexibility index (Phi) is 5.50. The van der Waals surface area contributed by atoms with Gasteiger partial charge in [0.1, 0.15) is 11.3 Å². The molecule has 2 fully saturated rings. The van der Waals surface area contributed by atoms with E-state index in [-0.39, 0.29) is 0 Å². The molecule has 1 aliphatic carbocycles. The van der Waals surface area contributed by atoms with Gasteiger partial charge in [0, 0.05) is 50.3 Å². The van der Waals surface area contributed by atoms with Gasteiger partial charge >= 0.3 is 0 Å². The van der Waals surface area contributed by atoms with Crippen molar-refractivity contribution >= 4 is 11.3 Å². The standard InChI is InChI=1S/C25H30N8O/c34-25(6-3-7-25)18-27-11-19-4-5-24-28-21(15-32(24)14-19)16-33-17-23(29-30-33)20-10-22(13-26-12-20)31-8-1-2-9-31/h4-5,10,12-15,17,27,34H,1-3,6-9,11,16,18H2. The van der Waals surface area contributed by atoms with Gasteiger partial charge in [0.25, 0.3) is 0 Å². The van der Waals surface area contributed by atoms with Crippen molar-refractivity contribution in [3.05, 3.63) is 60.4 Å². The van der Waals surface area contributed by atoms with E-state index < -0.39 is 5.60 Å². The molecule has 6 rings (SSSR count). The average molecular weight is 459 g/mol. The number of rotatable bonds is 8. The number of hydrogen-bond donors (Lipinski definition) is 2. The number of fused-ring (bicyclic) bond motifs is 1. The zero-order valence-electron chi connectivity index (χ0n) is 19.3. The molecule has 1 saturated carbocycles. The Hall–Kier alpha value is -3.30. The van der Waals surface area contributed by atoms with Crippen LogP contribution in [0.15, 0.2) is 49.2 Å². The fourth-order valence-corrected chi connectivity index (χ4v) is 4.86. The van der Waals surface area contributed by atoms with Crippen LogP contribution in [0, 0.1) is 0 Å². The highest BCUT2D eigenvalue weighted by Gasteiger charge is 2.33. The summed E-state index contributed by atoms with van der Waals surface area (Å²) < 4.78 is 3.87. The van der Waals surface area contributed by atoms with E-state index in [1.54, 1.807) is 0 Å². The van der Waals surface area contributed by atoms with Gasteiger partial charge in [-0.25, -0.2) is 9.67 Å².